The van der Waals surface area contributed by atoms with Crippen molar-refractivity contribution in [2.24, 2.45) is 0 Å². The lowest BCUT2D eigenvalue weighted by atomic mass is 10.0. The molecule has 0 atom stereocenters. The molecule has 1 aliphatic rings. The summed E-state index contributed by atoms with van der Waals surface area (Å²) in [5.41, 5.74) is 4.25. The van der Waals surface area contributed by atoms with E-state index in [1.54, 1.807) is 15.5 Å². The highest BCUT2D eigenvalue weighted by molar-refractivity contribution is 6.04. The summed E-state index contributed by atoms with van der Waals surface area (Å²) in [7, 11) is 1.35. The molecule has 14 heteroatoms. The minimum atomic E-state index is -0.379. The second-order valence-corrected chi connectivity index (χ2v) is 9.25. The lowest BCUT2D eigenvalue weighted by molar-refractivity contribution is 0.0804. The van der Waals surface area contributed by atoms with Gasteiger partial charge in [-0.05, 0) is 36.6 Å². The number of tetrazole rings is 1. The summed E-state index contributed by atoms with van der Waals surface area (Å²) >= 11 is 0. The molecule has 6 rings (SSSR count). The first-order chi connectivity index (χ1) is 19.0. The fourth-order valence-corrected chi connectivity index (χ4v) is 4.40. The minimum absolute atomic E-state index is 0.0396. The van der Waals surface area contributed by atoms with E-state index in [0.717, 1.165) is 11.1 Å². The van der Waals surface area contributed by atoms with Crippen LogP contribution in [0, 0.1) is 6.92 Å². The van der Waals surface area contributed by atoms with Crippen LogP contribution in [0.5, 0.6) is 0 Å². The highest BCUT2D eigenvalue weighted by Gasteiger charge is 2.36. The maximum absolute atomic E-state index is 13.3. The molecule has 198 valence electrons. The Labute approximate surface area is 221 Å². The number of methoxy groups -OCH3 is 1. The molecular formula is C25H24N10O4. The van der Waals surface area contributed by atoms with Crippen LogP contribution in [-0.2, 0) is 17.6 Å². The third-order valence-corrected chi connectivity index (χ3v) is 6.68. The summed E-state index contributed by atoms with van der Waals surface area (Å²) in [5.74, 6) is 1.14. The maximum atomic E-state index is 13.3. The van der Waals surface area contributed by atoms with Gasteiger partial charge in [-0.15, -0.1) is 10.2 Å². The number of carbonyl (C=O) groups excluding carboxylic acids is 2. The number of pyridine rings is 1. The summed E-state index contributed by atoms with van der Waals surface area (Å²) in [4.78, 5) is 35.3. The van der Waals surface area contributed by atoms with Gasteiger partial charge in [-0.1, -0.05) is 28.6 Å². The van der Waals surface area contributed by atoms with E-state index >= 15 is 0 Å². The summed E-state index contributed by atoms with van der Waals surface area (Å²) in [5, 5.41) is 21.1. The molecule has 1 saturated heterocycles. The Morgan fingerprint density at radius 3 is 2.87 bits per heavy atom. The maximum Gasteiger partial charge on any atom is 0.409 e. The summed E-state index contributed by atoms with van der Waals surface area (Å²) in [6.45, 7) is 2.82. The molecule has 39 heavy (non-hydrogen) atoms. The summed E-state index contributed by atoms with van der Waals surface area (Å²) in [6.07, 6.45) is 4.37. The van der Waals surface area contributed by atoms with E-state index in [9.17, 15) is 9.59 Å². The van der Waals surface area contributed by atoms with Crippen molar-refractivity contribution in [1.29, 1.82) is 0 Å². The first kappa shape index (κ1) is 24.2. The zero-order valence-electron chi connectivity index (χ0n) is 21.2. The third kappa shape index (κ3) is 4.79. The third-order valence-electron chi connectivity index (χ3n) is 6.68. The molecule has 0 aliphatic carbocycles. The van der Waals surface area contributed by atoms with Crippen molar-refractivity contribution in [3.8, 4) is 11.4 Å². The normalized spacial score (nSPS) is 13.4. The van der Waals surface area contributed by atoms with Gasteiger partial charge in [0.15, 0.2) is 5.82 Å². The van der Waals surface area contributed by atoms with Crippen molar-refractivity contribution in [3.05, 3.63) is 71.3 Å². The standard InChI is InChI=1S/C25H24N10O4/c1-14-3-6-16(22-28-24(39-31-22)17-12-34(13-17)25(37)38-2)9-18(14)27-23(36)19-10-26-21-8-5-15(11-35(19)21)4-7-20-29-32-33-30-20/h3,5-6,8-11,17H,4,7,12-13H2,1-2H3,(H,27,36)(H,29,30,32,33). The van der Waals surface area contributed by atoms with Gasteiger partial charge in [0.1, 0.15) is 11.3 Å². The van der Waals surface area contributed by atoms with Gasteiger partial charge in [0.05, 0.1) is 19.2 Å². The number of hydrogen-bond acceptors (Lipinski definition) is 10. The average molecular weight is 529 g/mol. The molecule has 1 aliphatic heterocycles. The predicted molar refractivity (Wildman–Crippen MR) is 136 cm³/mol. The van der Waals surface area contributed by atoms with E-state index in [-0.39, 0.29) is 17.9 Å². The molecule has 0 spiro atoms. The van der Waals surface area contributed by atoms with Crippen LogP contribution in [-0.4, -0.2) is 77.2 Å². The van der Waals surface area contributed by atoms with Crippen LogP contribution in [0.1, 0.15) is 39.2 Å². The first-order valence-electron chi connectivity index (χ1n) is 12.3. The Hall–Kier alpha value is -5.14. The van der Waals surface area contributed by atoms with Gasteiger partial charge in [-0.2, -0.15) is 10.2 Å². The molecule has 1 aromatic carbocycles. The van der Waals surface area contributed by atoms with Crippen LogP contribution < -0.4 is 5.32 Å². The number of ether oxygens (including phenoxy) is 1. The van der Waals surface area contributed by atoms with Crippen LogP contribution in [0.25, 0.3) is 17.0 Å². The number of fused-ring (bicyclic) bond motifs is 1. The second kappa shape index (κ2) is 9.96. The Kier molecular flexibility index (Phi) is 6.19. The summed E-state index contributed by atoms with van der Waals surface area (Å²) < 4.78 is 11.9. The molecule has 5 heterocycles. The van der Waals surface area contributed by atoms with Crippen LogP contribution in [0.15, 0.2) is 47.2 Å². The average Bonchev–Trinajstić information content (AvgIpc) is 3.69. The predicted octanol–water partition coefficient (Wildman–Crippen LogP) is 2.41. The number of imidazole rings is 1. The zero-order chi connectivity index (χ0) is 26.9. The number of hydrogen-bond donors (Lipinski definition) is 2. The van der Waals surface area contributed by atoms with E-state index in [2.05, 4.69) is 41.1 Å². The van der Waals surface area contributed by atoms with Crippen LogP contribution >= 0.6 is 0 Å². The SMILES string of the molecule is COC(=O)N1CC(c2nc(-c3ccc(C)c(NC(=O)c4cnc5ccc(CCc6nn[nH]n6)cn45)c3)no2)C1. The number of amides is 2. The topological polar surface area (TPSA) is 169 Å². The van der Waals surface area contributed by atoms with Crippen LogP contribution in [0.4, 0.5) is 10.5 Å². The van der Waals surface area contributed by atoms with E-state index < -0.39 is 0 Å². The molecule has 5 aromatic rings. The zero-order valence-corrected chi connectivity index (χ0v) is 21.2. The van der Waals surface area contributed by atoms with E-state index in [1.807, 2.05) is 43.5 Å². The lowest BCUT2D eigenvalue weighted by Gasteiger charge is -2.35. The van der Waals surface area contributed by atoms with E-state index in [0.29, 0.717) is 66.1 Å². The second-order valence-electron chi connectivity index (χ2n) is 9.25. The molecule has 1 fully saturated rings. The number of anilines is 1. The van der Waals surface area contributed by atoms with Crippen molar-refractivity contribution in [1.82, 2.24) is 45.0 Å². The van der Waals surface area contributed by atoms with Crippen molar-refractivity contribution in [2.45, 2.75) is 25.7 Å². The van der Waals surface area contributed by atoms with Crippen molar-refractivity contribution in [3.63, 3.8) is 0 Å². The van der Waals surface area contributed by atoms with Gasteiger partial charge in [-0.25, -0.2) is 9.78 Å². The molecule has 14 nitrogen and oxygen atoms in total. The minimum Gasteiger partial charge on any atom is -0.453 e. The van der Waals surface area contributed by atoms with E-state index in [1.165, 1.54) is 7.11 Å². The number of nitrogens with zero attached hydrogens (tertiary/aromatic N) is 8. The molecule has 0 bridgehead atoms. The number of rotatable bonds is 7. The van der Waals surface area contributed by atoms with Crippen molar-refractivity contribution >= 4 is 23.3 Å². The number of H-pyrrole nitrogens is 1. The number of aryl methyl sites for hydroxylation is 3. The van der Waals surface area contributed by atoms with E-state index in [4.69, 9.17) is 9.26 Å². The van der Waals surface area contributed by atoms with Crippen molar-refractivity contribution in [2.75, 3.05) is 25.5 Å². The Bertz CT molecular complexity index is 1650. The molecule has 0 radical (unpaired) electrons. The number of nitrogens with one attached hydrogen (secondary N) is 2. The fraction of sp³-hybridized carbons (Fsp3) is 0.280. The monoisotopic (exact) mass is 528 g/mol. The highest BCUT2D eigenvalue weighted by Crippen LogP contribution is 2.29. The number of aromatic nitrogens is 8. The van der Waals surface area contributed by atoms with Crippen LogP contribution in [0.3, 0.4) is 0 Å². The fourth-order valence-electron chi connectivity index (χ4n) is 4.40. The number of benzene rings is 1. The van der Waals surface area contributed by atoms with Crippen LogP contribution in [0.2, 0.25) is 0 Å². The van der Waals surface area contributed by atoms with Gasteiger partial charge in [0.25, 0.3) is 5.91 Å². The quantitative estimate of drug-likeness (QED) is 0.320. The molecule has 2 N–H and O–H groups in total. The van der Waals surface area contributed by atoms with Gasteiger partial charge in [0.2, 0.25) is 11.7 Å². The van der Waals surface area contributed by atoms with Crippen molar-refractivity contribution < 1.29 is 18.8 Å². The largest absolute Gasteiger partial charge is 0.453 e. The van der Waals surface area contributed by atoms with Gasteiger partial charge in [0, 0.05) is 37.0 Å². The Morgan fingerprint density at radius 1 is 1.21 bits per heavy atom. The Balaban J connectivity index is 1.17. The van der Waals surface area contributed by atoms with Gasteiger partial charge in [-0.3, -0.25) is 9.20 Å². The number of aromatic amines is 1. The van der Waals surface area contributed by atoms with Gasteiger partial charge < -0.3 is 19.5 Å². The molecule has 0 unspecified atom stereocenters. The number of likely N-dealkylation sites (tertiary alicyclic amines) is 1. The summed E-state index contributed by atoms with van der Waals surface area (Å²) in [6, 6.07) is 9.39. The first-order valence-corrected chi connectivity index (χ1v) is 12.3. The number of carbonyl (C=O) groups is 2. The molecule has 2 amide bonds. The van der Waals surface area contributed by atoms with Gasteiger partial charge >= 0.3 is 6.09 Å². The Morgan fingerprint density at radius 2 is 2.08 bits per heavy atom. The highest BCUT2D eigenvalue weighted by atomic mass is 16.5. The lowest BCUT2D eigenvalue weighted by Crippen LogP contribution is -2.48. The molecular weight excluding hydrogens is 504 g/mol. The molecule has 0 saturated carbocycles. The molecule has 4 aromatic heterocycles. The smallest absolute Gasteiger partial charge is 0.409 e.